The number of nitrogens with two attached hydrogens (primary N) is 1. The van der Waals surface area contributed by atoms with E-state index in [9.17, 15) is 14.5 Å². The van der Waals surface area contributed by atoms with Crippen molar-refractivity contribution in [2.45, 2.75) is 25.0 Å². The number of aromatic amines is 1. The van der Waals surface area contributed by atoms with Crippen LogP contribution in [0.25, 0.3) is 11.2 Å². The predicted molar refractivity (Wildman–Crippen MR) is 75.1 cm³/mol. The van der Waals surface area contributed by atoms with Crippen LogP contribution in [0.5, 0.6) is 0 Å². The average Bonchev–Trinajstić information content (AvgIpc) is 2.99. The van der Waals surface area contributed by atoms with Crippen LogP contribution in [0.4, 0.5) is 5.95 Å². The molecule has 1 saturated heterocycles. The van der Waals surface area contributed by atoms with Gasteiger partial charge in [-0.25, -0.2) is 4.98 Å². The normalized spacial score (nSPS) is 25.3. The third kappa shape index (κ3) is 3.27. The van der Waals surface area contributed by atoms with Crippen LogP contribution in [0, 0.1) is 0 Å². The van der Waals surface area contributed by atoms with Gasteiger partial charge in [0.1, 0.15) is 6.10 Å². The highest BCUT2D eigenvalue weighted by Crippen LogP contribution is 2.37. The minimum atomic E-state index is -4.35. The van der Waals surface area contributed by atoms with E-state index >= 15 is 0 Å². The highest BCUT2D eigenvalue weighted by atomic mass is 31.2. The number of nitrogens with one attached hydrogen (secondary N) is 1. The maximum absolute atomic E-state index is 11.7. The maximum Gasteiger partial charge on any atom is 0.351 e. The van der Waals surface area contributed by atoms with Gasteiger partial charge in [-0.2, -0.15) is 4.98 Å². The number of anilines is 1. The highest BCUT2D eigenvalue weighted by molar-refractivity contribution is 7.51. The summed E-state index contributed by atoms with van der Waals surface area (Å²) in [5, 5.41) is 10.1. The fourth-order valence-corrected chi connectivity index (χ4v) is 2.64. The zero-order valence-corrected chi connectivity index (χ0v) is 12.5. The number of aliphatic hydroxyl groups excluding tert-OH is 1. The van der Waals surface area contributed by atoms with Crippen molar-refractivity contribution >= 4 is 24.7 Å². The molecule has 126 valence electrons. The lowest BCUT2D eigenvalue weighted by atomic mass is 10.2. The average molecular weight is 347 g/mol. The number of aliphatic hydroxyl groups is 1. The molecule has 0 aliphatic carbocycles. The summed E-state index contributed by atoms with van der Waals surface area (Å²) in [5.74, 6) is -0.119. The molecule has 12 nitrogen and oxygen atoms in total. The second-order valence-electron chi connectivity index (χ2n) is 4.99. The Morgan fingerprint density at radius 1 is 1.57 bits per heavy atom. The van der Waals surface area contributed by atoms with E-state index in [1.807, 2.05) is 0 Å². The SMILES string of the molecule is Nc1nc2c(ncn2C2OC(OCP(=O)(O)O)CC2O)c(=O)[nH]1. The van der Waals surface area contributed by atoms with Gasteiger partial charge >= 0.3 is 7.60 Å². The van der Waals surface area contributed by atoms with Crippen LogP contribution >= 0.6 is 7.60 Å². The van der Waals surface area contributed by atoms with E-state index in [4.69, 9.17) is 25.0 Å². The van der Waals surface area contributed by atoms with Crippen molar-refractivity contribution in [2.75, 3.05) is 12.1 Å². The number of nitrogens with zero attached hydrogens (tertiary/aromatic N) is 3. The number of hydrogen-bond acceptors (Lipinski definition) is 8. The molecule has 6 N–H and O–H groups in total. The first-order chi connectivity index (χ1) is 10.7. The molecule has 2 aromatic rings. The minimum absolute atomic E-state index is 0.0109. The van der Waals surface area contributed by atoms with Gasteiger partial charge in [-0.15, -0.1) is 0 Å². The monoisotopic (exact) mass is 347 g/mol. The van der Waals surface area contributed by atoms with Gasteiger partial charge in [0.15, 0.2) is 30.0 Å². The number of H-pyrrole nitrogens is 1. The van der Waals surface area contributed by atoms with Crippen molar-refractivity contribution in [3.8, 4) is 0 Å². The molecular formula is C10H14N5O7P. The molecule has 0 amide bonds. The molecule has 3 unspecified atom stereocenters. The van der Waals surface area contributed by atoms with Crippen LogP contribution in [-0.4, -0.2) is 53.2 Å². The topological polar surface area (TPSA) is 186 Å². The number of nitrogen functional groups attached to an aromatic ring is 1. The van der Waals surface area contributed by atoms with Crippen LogP contribution in [0.1, 0.15) is 12.6 Å². The Morgan fingerprint density at radius 2 is 2.30 bits per heavy atom. The smallest absolute Gasteiger partial charge is 0.351 e. The number of aromatic nitrogens is 4. The highest BCUT2D eigenvalue weighted by Gasteiger charge is 2.38. The van der Waals surface area contributed by atoms with Gasteiger partial charge in [0.25, 0.3) is 5.56 Å². The lowest BCUT2D eigenvalue weighted by Gasteiger charge is -2.17. The van der Waals surface area contributed by atoms with E-state index in [0.717, 1.165) is 0 Å². The quantitative estimate of drug-likeness (QED) is 0.406. The Hall–Kier alpha value is -1.82. The van der Waals surface area contributed by atoms with Crippen LogP contribution in [0.2, 0.25) is 0 Å². The predicted octanol–water partition coefficient (Wildman–Crippen LogP) is -1.54. The molecule has 2 aromatic heterocycles. The van der Waals surface area contributed by atoms with Gasteiger partial charge in [0.2, 0.25) is 5.95 Å². The summed E-state index contributed by atoms with van der Waals surface area (Å²) in [6.07, 6.45) is -2.62. The minimum Gasteiger partial charge on any atom is -0.388 e. The van der Waals surface area contributed by atoms with Gasteiger partial charge in [-0.1, -0.05) is 0 Å². The van der Waals surface area contributed by atoms with Crippen molar-refractivity contribution < 1.29 is 28.9 Å². The zero-order chi connectivity index (χ0) is 16.8. The van der Waals surface area contributed by atoms with Crippen molar-refractivity contribution in [2.24, 2.45) is 0 Å². The van der Waals surface area contributed by atoms with Crippen molar-refractivity contribution in [1.82, 2.24) is 19.5 Å². The van der Waals surface area contributed by atoms with Gasteiger partial charge in [0.05, 0.1) is 6.33 Å². The van der Waals surface area contributed by atoms with E-state index in [-0.39, 0.29) is 23.5 Å². The Morgan fingerprint density at radius 3 is 3.00 bits per heavy atom. The largest absolute Gasteiger partial charge is 0.388 e. The van der Waals surface area contributed by atoms with Gasteiger partial charge < -0.3 is 30.1 Å². The Bertz CT molecular complexity index is 829. The zero-order valence-electron chi connectivity index (χ0n) is 11.6. The maximum atomic E-state index is 11.7. The summed E-state index contributed by atoms with van der Waals surface area (Å²) >= 11 is 0. The molecule has 0 spiro atoms. The van der Waals surface area contributed by atoms with E-state index in [1.165, 1.54) is 10.9 Å². The van der Waals surface area contributed by atoms with Gasteiger partial charge in [0, 0.05) is 6.42 Å². The van der Waals surface area contributed by atoms with Crippen LogP contribution in [0.15, 0.2) is 11.1 Å². The summed E-state index contributed by atoms with van der Waals surface area (Å²) < 4.78 is 22.5. The molecule has 3 atom stereocenters. The molecule has 3 rings (SSSR count). The fraction of sp³-hybridized carbons (Fsp3) is 0.500. The molecule has 3 heterocycles. The van der Waals surface area contributed by atoms with E-state index in [2.05, 4.69) is 15.0 Å². The standard InChI is InChI=1S/C10H14N5O7P/c11-10-13-7-6(8(17)14-10)12-2-15(7)9-4(16)1-5(22-9)21-3-23(18,19)20/h2,4-5,9,16H,1,3H2,(H2,18,19,20)(H3,11,13,14,17). The first kappa shape index (κ1) is 16.1. The number of rotatable bonds is 4. The number of hydrogen-bond donors (Lipinski definition) is 5. The molecule has 1 aliphatic heterocycles. The first-order valence-corrected chi connectivity index (χ1v) is 8.26. The number of ether oxygens (including phenoxy) is 2. The summed E-state index contributed by atoms with van der Waals surface area (Å²) in [7, 11) is -4.35. The molecule has 1 fully saturated rings. The molecule has 0 radical (unpaired) electrons. The summed E-state index contributed by atoms with van der Waals surface area (Å²) in [6.45, 7) is 0. The summed E-state index contributed by atoms with van der Waals surface area (Å²) in [6, 6.07) is 0. The first-order valence-electron chi connectivity index (χ1n) is 6.46. The van der Waals surface area contributed by atoms with E-state index in [0.29, 0.717) is 0 Å². The summed E-state index contributed by atoms with van der Waals surface area (Å²) in [4.78, 5) is 39.4. The van der Waals surface area contributed by atoms with E-state index < -0.39 is 38.1 Å². The Kier molecular flexibility index (Phi) is 3.96. The second kappa shape index (κ2) is 5.67. The van der Waals surface area contributed by atoms with Crippen molar-refractivity contribution in [1.29, 1.82) is 0 Å². The van der Waals surface area contributed by atoms with Gasteiger partial charge in [-0.3, -0.25) is 18.9 Å². The van der Waals surface area contributed by atoms with E-state index in [1.54, 1.807) is 0 Å². The molecular weight excluding hydrogens is 333 g/mol. The van der Waals surface area contributed by atoms with Gasteiger partial charge in [-0.05, 0) is 0 Å². The van der Waals surface area contributed by atoms with Crippen LogP contribution in [-0.2, 0) is 14.0 Å². The lowest BCUT2D eigenvalue weighted by Crippen LogP contribution is -2.20. The number of imidazole rings is 1. The summed E-state index contributed by atoms with van der Waals surface area (Å²) in [5.41, 5.74) is 5.09. The molecule has 0 aromatic carbocycles. The molecule has 13 heteroatoms. The van der Waals surface area contributed by atoms with Crippen molar-refractivity contribution in [3.63, 3.8) is 0 Å². The third-order valence-corrected chi connectivity index (χ3v) is 3.69. The van der Waals surface area contributed by atoms with Crippen molar-refractivity contribution in [3.05, 3.63) is 16.7 Å². The molecule has 23 heavy (non-hydrogen) atoms. The fourth-order valence-electron chi connectivity index (χ4n) is 2.28. The third-order valence-electron chi connectivity index (χ3n) is 3.21. The molecule has 0 bridgehead atoms. The number of fused-ring (bicyclic) bond motifs is 1. The lowest BCUT2D eigenvalue weighted by molar-refractivity contribution is -0.145. The Labute approximate surface area is 128 Å². The molecule has 1 aliphatic rings. The Balaban J connectivity index is 1.85. The second-order valence-corrected chi connectivity index (χ2v) is 6.58. The molecule has 0 saturated carbocycles. The van der Waals surface area contributed by atoms with Crippen LogP contribution < -0.4 is 11.3 Å². The van der Waals surface area contributed by atoms with Crippen LogP contribution in [0.3, 0.4) is 0 Å².